The van der Waals surface area contributed by atoms with E-state index in [2.05, 4.69) is 27.2 Å². The van der Waals surface area contributed by atoms with Gasteiger partial charge in [-0.2, -0.15) is 5.10 Å². The lowest BCUT2D eigenvalue weighted by Gasteiger charge is -2.33. The third-order valence-electron chi connectivity index (χ3n) is 3.16. The molecule has 1 aromatic heterocycles. The SMILES string of the molecule is CCCn1ncnc1CN1CCNCC1C(N)=O. The number of hydrogen-bond acceptors (Lipinski definition) is 5. The Morgan fingerprint density at radius 2 is 2.50 bits per heavy atom. The number of aromatic nitrogens is 3. The monoisotopic (exact) mass is 252 g/mol. The number of piperazine rings is 1. The molecule has 0 aliphatic carbocycles. The molecule has 1 atom stereocenters. The number of carbonyl (C=O) groups is 1. The van der Waals surface area contributed by atoms with Crippen molar-refractivity contribution in [1.82, 2.24) is 25.0 Å². The molecule has 1 fully saturated rings. The Hall–Kier alpha value is -1.47. The van der Waals surface area contributed by atoms with E-state index in [0.717, 1.165) is 31.9 Å². The number of aryl methyl sites for hydroxylation is 1. The van der Waals surface area contributed by atoms with Gasteiger partial charge in [-0.25, -0.2) is 9.67 Å². The Morgan fingerprint density at radius 1 is 1.67 bits per heavy atom. The molecule has 3 N–H and O–H groups in total. The minimum absolute atomic E-state index is 0.259. The Morgan fingerprint density at radius 3 is 3.22 bits per heavy atom. The molecule has 1 aliphatic rings. The molecule has 2 rings (SSSR count). The van der Waals surface area contributed by atoms with Crippen molar-refractivity contribution < 1.29 is 4.79 Å². The molecule has 1 aromatic rings. The first kappa shape index (κ1) is 13.0. The molecule has 0 bridgehead atoms. The van der Waals surface area contributed by atoms with Crippen LogP contribution in [0.4, 0.5) is 0 Å². The van der Waals surface area contributed by atoms with Crippen LogP contribution in [0.3, 0.4) is 0 Å². The van der Waals surface area contributed by atoms with Gasteiger partial charge in [0.2, 0.25) is 5.91 Å². The van der Waals surface area contributed by atoms with Gasteiger partial charge in [0.25, 0.3) is 0 Å². The lowest BCUT2D eigenvalue weighted by atomic mass is 10.2. The van der Waals surface area contributed by atoms with Crippen molar-refractivity contribution >= 4 is 5.91 Å². The first-order chi connectivity index (χ1) is 8.72. The van der Waals surface area contributed by atoms with Crippen LogP contribution in [0.25, 0.3) is 0 Å². The molecule has 0 spiro atoms. The molecular weight excluding hydrogens is 232 g/mol. The van der Waals surface area contributed by atoms with E-state index in [4.69, 9.17) is 5.73 Å². The van der Waals surface area contributed by atoms with Crippen LogP contribution in [0.15, 0.2) is 6.33 Å². The number of carbonyl (C=O) groups excluding carboxylic acids is 1. The molecular formula is C11H20N6O. The van der Waals surface area contributed by atoms with Crippen molar-refractivity contribution in [3.63, 3.8) is 0 Å². The predicted octanol–water partition coefficient (Wildman–Crippen LogP) is -1.05. The summed E-state index contributed by atoms with van der Waals surface area (Å²) in [6, 6.07) is -0.259. The van der Waals surface area contributed by atoms with Crippen molar-refractivity contribution in [2.24, 2.45) is 5.73 Å². The second-order valence-corrected chi connectivity index (χ2v) is 4.49. The van der Waals surface area contributed by atoms with Crippen LogP contribution in [0.1, 0.15) is 19.2 Å². The maximum absolute atomic E-state index is 11.4. The van der Waals surface area contributed by atoms with Crippen LogP contribution in [0, 0.1) is 0 Å². The van der Waals surface area contributed by atoms with Gasteiger partial charge in [0, 0.05) is 26.2 Å². The van der Waals surface area contributed by atoms with Gasteiger partial charge in [-0.15, -0.1) is 0 Å². The molecule has 2 heterocycles. The number of hydrogen-bond donors (Lipinski definition) is 2. The molecule has 1 saturated heterocycles. The van der Waals surface area contributed by atoms with Gasteiger partial charge in [-0.05, 0) is 6.42 Å². The van der Waals surface area contributed by atoms with Crippen molar-refractivity contribution in [3.8, 4) is 0 Å². The zero-order chi connectivity index (χ0) is 13.0. The molecule has 0 aromatic carbocycles. The molecule has 1 unspecified atom stereocenters. The lowest BCUT2D eigenvalue weighted by molar-refractivity contribution is -0.124. The number of primary amides is 1. The molecule has 1 amide bonds. The average Bonchev–Trinajstić information content (AvgIpc) is 2.78. The van der Waals surface area contributed by atoms with Gasteiger partial charge >= 0.3 is 0 Å². The summed E-state index contributed by atoms with van der Waals surface area (Å²) >= 11 is 0. The van der Waals surface area contributed by atoms with Crippen molar-refractivity contribution in [1.29, 1.82) is 0 Å². The van der Waals surface area contributed by atoms with Crippen LogP contribution < -0.4 is 11.1 Å². The highest BCUT2D eigenvalue weighted by atomic mass is 16.1. The van der Waals surface area contributed by atoms with E-state index in [0.29, 0.717) is 13.1 Å². The fraction of sp³-hybridized carbons (Fsp3) is 0.727. The molecule has 0 saturated carbocycles. The Labute approximate surface area is 106 Å². The topological polar surface area (TPSA) is 89.1 Å². The maximum Gasteiger partial charge on any atom is 0.236 e. The molecule has 18 heavy (non-hydrogen) atoms. The highest BCUT2D eigenvalue weighted by molar-refractivity contribution is 5.80. The van der Waals surface area contributed by atoms with Gasteiger partial charge in [0.15, 0.2) is 0 Å². The highest BCUT2D eigenvalue weighted by Gasteiger charge is 2.27. The lowest BCUT2D eigenvalue weighted by Crippen LogP contribution is -2.56. The summed E-state index contributed by atoms with van der Waals surface area (Å²) in [7, 11) is 0. The van der Waals surface area contributed by atoms with E-state index in [-0.39, 0.29) is 11.9 Å². The van der Waals surface area contributed by atoms with Crippen molar-refractivity contribution in [3.05, 3.63) is 12.2 Å². The van der Waals surface area contributed by atoms with Gasteiger partial charge in [-0.1, -0.05) is 6.92 Å². The predicted molar refractivity (Wildman–Crippen MR) is 66.6 cm³/mol. The van der Waals surface area contributed by atoms with Gasteiger partial charge in [-0.3, -0.25) is 9.69 Å². The highest BCUT2D eigenvalue weighted by Crippen LogP contribution is 2.08. The smallest absolute Gasteiger partial charge is 0.236 e. The minimum atomic E-state index is -0.288. The summed E-state index contributed by atoms with van der Waals surface area (Å²) in [5, 5.41) is 7.37. The largest absolute Gasteiger partial charge is 0.368 e. The van der Waals surface area contributed by atoms with Gasteiger partial charge in [0.05, 0.1) is 6.54 Å². The Bertz CT molecular complexity index is 404. The number of amides is 1. The normalized spacial score (nSPS) is 21.1. The summed E-state index contributed by atoms with van der Waals surface area (Å²) in [6.07, 6.45) is 2.57. The Balaban J connectivity index is 2.06. The Kier molecular flexibility index (Phi) is 4.27. The summed E-state index contributed by atoms with van der Waals surface area (Å²) < 4.78 is 1.89. The van der Waals surface area contributed by atoms with Crippen LogP contribution in [0.5, 0.6) is 0 Å². The van der Waals surface area contributed by atoms with Crippen LogP contribution in [-0.4, -0.2) is 51.2 Å². The number of rotatable bonds is 5. The van der Waals surface area contributed by atoms with Crippen molar-refractivity contribution in [2.45, 2.75) is 32.5 Å². The first-order valence-corrected chi connectivity index (χ1v) is 6.33. The standard InChI is InChI=1S/C11H20N6O/c1-2-4-17-10(14-8-15-17)7-16-5-3-13-6-9(16)11(12)18/h8-9,13H,2-7H2,1H3,(H2,12,18). The summed E-state index contributed by atoms with van der Waals surface area (Å²) in [5.74, 6) is 0.605. The summed E-state index contributed by atoms with van der Waals surface area (Å²) in [6.45, 7) is 5.84. The van der Waals surface area contributed by atoms with Crippen LogP contribution in [-0.2, 0) is 17.9 Å². The zero-order valence-electron chi connectivity index (χ0n) is 10.7. The molecule has 100 valence electrons. The second-order valence-electron chi connectivity index (χ2n) is 4.49. The number of nitrogens with zero attached hydrogens (tertiary/aromatic N) is 4. The minimum Gasteiger partial charge on any atom is -0.368 e. The fourth-order valence-electron chi connectivity index (χ4n) is 2.21. The third-order valence-corrected chi connectivity index (χ3v) is 3.16. The zero-order valence-corrected chi connectivity index (χ0v) is 10.7. The van der Waals surface area contributed by atoms with Crippen LogP contribution >= 0.6 is 0 Å². The second kappa shape index (κ2) is 5.92. The van der Waals surface area contributed by atoms with Crippen molar-refractivity contribution in [2.75, 3.05) is 19.6 Å². The number of nitrogens with one attached hydrogen (secondary N) is 1. The molecule has 7 heteroatoms. The van der Waals surface area contributed by atoms with E-state index in [1.54, 1.807) is 6.33 Å². The summed E-state index contributed by atoms with van der Waals surface area (Å²) in [4.78, 5) is 17.7. The van der Waals surface area contributed by atoms with E-state index in [9.17, 15) is 4.79 Å². The first-order valence-electron chi connectivity index (χ1n) is 6.33. The number of nitrogens with two attached hydrogens (primary N) is 1. The van der Waals surface area contributed by atoms with Crippen LogP contribution in [0.2, 0.25) is 0 Å². The maximum atomic E-state index is 11.4. The van der Waals surface area contributed by atoms with Gasteiger partial charge < -0.3 is 11.1 Å². The fourth-order valence-corrected chi connectivity index (χ4v) is 2.21. The van der Waals surface area contributed by atoms with E-state index in [1.165, 1.54) is 0 Å². The van der Waals surface area contributed by atoms with Gasteiger partial charge in [0.1, 0.15) is 18.2 Å². The molecule has 0 radical (unpaired) electrons. The van der Waals surface area contributed by atoms with E-state index < -0.39 is 0 Å². The third kappa shape index (κ3) is 2.85. The van der Waals surface area contributed by atoms with E-state index >= 15 is 0 Å². The van der Waals surface area contributed by atoms with E-state index in [1.807, 2.05) is 4.68 Å². The quantitative estimate of drug-likeness (QED) is 0.698. The summed E-state index contributed by atoms with van der Waals surface area (Å²) in [5.41, 5.74) is 5.42. The molecule has 1 aliphatic heterocycles. The average molecular weight is 252 g/mol. The molecule has 7 nitrogen and oxygen atoms in total.